The fraction of sp³-hybridized carbons (Fsp3) is 0.381. The molecule has 130 valence electrons. The number of hydrogen-bond acceptors (Lipinski definition) is 3. The molecule has 25 heavy (non-hydrogen) atoms. The summed E-state index contributed by atoms with van der Waals surface area (Å²) in [6, 6.07) is 12.8. The van der Waals surface area contributed by atoms with Crippen LogP contribution in [-0.4, -0.2) is 35.2 Å². The molecule has 1 unspecified atom stereocenters. The number of benzene rings is 2. The van der Waals surface area contributed by atoms with E-state index in [1.165, 1.54) is 28.6 Å². The van der Waals surface area contributed by atoms with Crippen LogP contribution < -0.4 is 4.74 Å². The van der Waals surface area contributed by atoms with Crippen LogP contribution in [0.5, 0.6) is 5.75 Å². The van der Waals surface area contributed by atoms with Crippen molar-refractivity contribution in [3.05, 3.63) is 60.2 Å². The smallest absolute Gasteiger partial charge is 0.131 e. The number of nitrogens with zero attached hydrogens (tertiary/aromatic N) is 3. The summed E-state index contributed by atoms with van der Waals surface area (Å²) in [5, 5.41) is 2.42. The second-order valence-corrected chi connectivity index (χ2v) is 7.08. The molecular formula is C21H25N3O. The molecule has 0 amide bonds. The molecule has 4 heteroatoms. The molecule has 2 aromatic carbocycles. The summed E-state index contributed by atoms with van der Waals surface area (Å²) < 4.78 is 8.05. The van der Waals surface area contributed by atoms with Crippen molar-refractivity contribution in [2.75, 3.05) is 20.7 Å². The molecule has 1 aliphatic rings. The lowest BCUT2D eigenvalue weighted by Gasteiger charge is -2.28. The first kappa shape index (κ1) is 16.2. The van der Waals surface area contributed by atoms with Crippen molar-refractivity contribution >= 4 is 10.8 Å². The third kappa shape index (κ3) is 3.27. The summed E-state index contributed by atoms with van der Waals surface area (Å²) in [7, 11) is 3.98. The maximum absolute atomic E-state index is 5.75. The molecule has 1 aromatic heterocycles. The summed E-state index contributed by atoms with van der Waals surface area (Å²) in [6.45, 7) is 3.07. The Morgan fingerprint density at radius 3 is 3.00 bits per heavy atom. The Morgan fingerprint density at radius 1 is 1.24 bits per heavy atom. The third-order valence-electron chi connectivity index (χ3n) is 5.21. The Kier molecular flexibility index (Phi) is 4.45. The van der Waals surface area contributed by atoms with E-state index >= 15 is 0 Å². The molecule has 0 aliphatic carbocycles. The van der Waals surface area contributed by atoms with E-state index in [1.54, 1.807) is 7.11 Å². The van der Waals surface area contributed by atoms with Gasteiger partial charge in [0.15, 0.2) is 0 Å². The van der Waals surface area contributed by atoms with Gasteiger partial charge >= 0.3 is 0 Å². The fourth-order valence-corrected chi connectivity index (χ4v) is 4.04. The van der Waals surface area contributed by atoms with Crippen LogP contribution in [0.15, 0.2) is 48.8 Å². The number of fused-ring (bicyclic) bond motifs is 2. The van der Waals surface area contributed by atoms with Gasteiger partial charge in [0, 0.05) is 49.4 Å². The molecular weight excluding hydrogens is 310 g/mol. The quantitative estimate of drug-likeness (QED) is 0.711. The molecule has 0 saturated heterocycles. The Hall–Kier alpha value is -2.33. The molecule has 0 saturated carbocycles. The minimum atomic E-state index is 0.679. The number of methoxy groups -OCH3 is 1. The van der Waals surface area contributed by atoms with Crippen LogP contribution in [0.3, 0.4) is 0 Å². The van der Waals surface area contributed by atoms with Gasteiger partial charge in [0.1, 0.15) is 11.6 Å². The maximum atomic E-state index is 5.75. The first-order valence-electron chi connectivity index (χ1n) is 8.98. The number of aryl methyl sites for hydroxylation is 1. The molecule has 4 nitrogen and oxygen atoms in total. The van der Waals surface area contributed by atoms with Gasteiger partial charge < -0.3 is 14.2 Å². The highest BCUT2D eigenvalue weighted by molar-refractivity contribution is 5.89. The van der Waals surface area contributed by atoms with Crippen molar-refractivity contribution in [2.45, 2.75) is 25.9 Å². The Labute approximate surface area is 149 Å². The molecule has 0 spiro atoms. The summed E-state index contributed by atoms with van der Waals surface area (Å²) in [6.07, 6.45) is 6.33. The van der Waals surface area contributed by atoms with Crippen molar-refractivity contribution in [3.63, 3.8) is 0 Å². The van der Waals surface area contributed by atoms with Gasteiger partial charge in [-0.1, -0.05) is 36.4 Å². The van der Waals surface area contributed by atoms with Crippen molar-refractivity contribution in [3.8, 4) is 5.75 Å². The molecule has 0 N–H and O–H groups in total. The number of hydrogen-bond donors (Lipinski definition) is 0. The summed E-state index contributed by atoms with van der Waals surface area (Å²) in [4.78, 5) is 6.84. The average molecular weight is 335 g/mol. The average Bonchev–Trinajstić information content (AvgIpc) is 3.09. The number of rotatable bonds is 5. The highest BCUT2D eigenvalue weighted by atomic mass is 16.5. The van der Waals surface area contributed by atoms with Crippen molar-refractivity contribution < 1.29 is 4.74 Å². The van der Waals surface area contributed by atoms with Gasteiger partial charge in [0.05, 0.1) is 7.11 Å². The zero-order chi connectivity index (χ0) is 17.2. The van der Waals surface area contributed by atoms with E-state index in [0.29, 0.717) is 5.92 Å². The first-order valence-corrected chi connectivity index (χ1v) is 8.98. The number of ether oxygens (including phenoxy) is 1. The predicted octanol–water partition coefficient (Wildman–Crippen LogP) is 3.74. The lowest BCUT2D eigenvalue weighted by Crippen LogP contribution is -2.31. The second kappa shape index (κ2) is 6.89. The third-order valence-corrected chi connectivity index (χ3v) is 5.21. The van der Waals surface area contributed by atoms with E-state index in [1.807, 2.05) is 6.20 Å². The summed E-state index contributed by atoms with van der Waals surface area (Å²) in [5.41, 5.74) is 1.25. The standard InChI is InChI=1S/C21H25N3O/c1-23(13-16-7-10-20-22-11-12-24(20)14-16)15-18-9-8-17-5-3-4-6-19(17)21(18)25-2/h3-6,8-9,11-12,16H,7,10,13-15H2,1-2H3. The molecule has 0 bridgehead atoms. The lowest BCUT2D eigenvalue weighted by atomic mass is 9.98. The minimum absolute atomic E-state index is 0.679. The van der Waals surface area contributed by atoms with E-state index < -0.39 is 0 Å². The lowest BCUT2D eigenvalue weighted by molar-refractivity contribution is 0.227. The molecule has 2 heterocycles. The maximum Gasteiger partial charge on any atom is 0.131 e. The SMILES string of the molecule is COc1c(CN(C)CC2CCc3nccn3C2)ccc2ccccc12. The Bertz CT molecular complexity index is 870. The summed E-state index contributed by atoms with van der Waals surface area (Å²) >= 11 is 0. The Morgan fingerprint density at radius 2 is 2.12 bits per heavy atom. The van der Waals surface area contributed by atoms with E-state index in [-0.39, 0.29) is 0 Å². The van der Waals surface area contributed by atoms with Gasteiger partial charge in [-0.05, 0) is 24.8 Å². The van der Waals surface area contributed by atoms with E-state index in [0.717, 1.165) is 31.8 Å². The molecule has 3 aromatic rings. The molecule has 4 rings (SSSR count). The van der Waals surface area contributed by atoms with Crippen LogP contribution in [0, 0.1) is 5.92 Å². The fourth-order valence-electron chi connectivity index (χ4n) is 4.04. The molecule has 0 radical (unpaired) electrons. The first-order chi connectivity index (χ1) is 12.2. The van der Waals surface area contributed by atoms with Gasteiger partial charge in [0.2, 0.25) is 0 Å². The molecule has 0 fully saturated rings. The van der Waals surface area contributed by atoms with Crippen LogP contribution in [-0.2, 0) is 19.5 Å². The predicted molar refractivity (Wildman–Crippen MR) is 101 cm³/mol. The van der Waals surface area contributed by atoms with Gasteiger partial charge in [-0.3, -0.25) is 0 Å². The van der Waals surface area contributed by atoms with Crippen LogP contribution in [0.4, 0.5) is 0 Å². The van der Waals surface area contributed by atoms with Crippen molar-refractivity contribution in [2.24, 2.45) is 5.92 Å². The van der Waals surface area contributed by atoms with Gasteiger partial charge in [-0.25, -0.2) is 4.98 Å². The van der Waals surface area contributed by atoms with E-state index in [9.17, 15) is 0 Å². The normalized spacial score (nSPS) is 17.0. The second-order valence-electron chi connectivity index (χ2n) is 7.08. The number of imidazole rings is 1. The van der Waals surface area contributed by atoms with Crippen molar-refractivity contribution in [1.29, 1.82) is 0 Å². The monoisotopic (exact) mass is 335 g/mol. The zero-order valence-electron chi connectivity index (χ0n) is 15.0. The number of aromatic nitrogens is 2. The minimum Gasteiger partial charge on any atom is -0.496 e. The van der Waals surface area contributed by atoms with Gasteiger partial charge in [-0.2, -0.15) is 0 Å². The topological polar surface area (TPSA) is 30.3 Å². The van der Waals surface area contributed by atoms with Crippen LogP contribution in [0.25, 0.3) is 10.8 Å². The van der Waals surface area contributed by atoms with Crippen molar-refractivity contribution in [1.82, 2.24) is 14.5 Å². The van der Waals surface area contributed by atoms with Crippen LogP contribution in [0.2, 0.25) is 0 Å². The van der Waals surface area contributed by atoms with Crippen LogP contribution in [0.1, 0.15) is 17.8 Å². The van der Waals surface area contributed by atoms with E-state index in [2.05, 4.69) is 64.1 Å². The van der Waals surface area contributed by atoms with E-state index in [4.69, 9.17) is 4.74 Å². The van der Waals surface area contributed by atoms with Gasteiger partial charge in [-0.15, -0.1) is 0 Å². The van der Waals surface area contributed by atoms with Crippen LogP contribution >= 0.6 is 0 Å². The van der Waals surface area contributed by atoms with Gasteiger partial charge in [0.25, 0.3) is 0 Å². The zero-order valence-corrected chi connectivity index (χ0v) is 15.0. The summed E-state index contributed by atoms with van der Waals surface area (Å²) in [5.74, 6) is 2.92. The molecule has 1 atom stereocenters. The highest BCUT2D eigenvalue weighted by Crippen LogP contribution is 2.30. The Balaban J connectivity index is 1.48. The molecule has 1 aliphatic heterocycles. The highest BCUT2D eigenvalue weighted by Gasteiger charge is 2.20. The largest absolute Gasteiger partial charge is 0.496 e.